The minimum absolute atomic E-state index is 0.0400. The Kier molecular flexibility index (Phi) is 6.16. The van der Waals surface area contributed by atoms with Gasteiger partial charge in [-0.1, -0.05) is 29.2 Å². The Morgan fingerprint density at radius 1 is 1.43 bits per heavy atom. The van der Waals surface area contributed by atoms with Crippen molar-refractivity contribution < 1.29 is 24.6 Å². The molecule has 0 aromatic carbocycles. The van der Waals surface area contributed by atoms with Crippen LogP contribution in [0.15, 0.2) is 33.1 Å². The van der Waals surface area contributed by atoms with E-state index >= 15 is 0 Å². The first-order valence-corrected chi connectivity index (χ1v) is 12.4. The maximum Gasteiger partial charge on any atom is 0.352 e. The van der Waals surface area contributed by atoms with Crippen LogP contribution in [-0.2, 0) is 14.4 Å². The zero-order valence-electron chi connectivity index (χ0n) is 15.5. The lowest BCUT2D eigenvalue weighted by atomic mass is 10.0. The number of carbonyl (C=O) groups excluding carboxylic acids is 2. The Labute approximate surface area is 187 Å². The zero-order chi connectivity index (χ0) is 21.4. The number of rotatable bonds is 7. The third kappa shape index (κ3) is 3.99. The highest BCUT2D eigenvalue weighted by Crippen LogP contribution is 2.42. The van der Waals surface area contributed by atoms with E-state index in [0.29, 0.717) is 22.0 Å². The quantitative estimate of drug-likeness (QED) is 0.395. The number of thioether (sulfide) groups is 2. The van der Waals surface area contributed by atoms with Gasteiger partial charge in [0, 0.05) is 16.4 Å². The number of carboxylic acids is 1. The molecular weight excluding hydrogens is 468 g/mol. The van der Waals surface area contributed by atoms with E-state index < -0.39 is 35.3 Å². The second kappa shape index (κ2) is 8.67. The van der Waals surface area contributed by atoms with Crippen LogP contribution in [0.2, 0.25) is 0 Å². The highest BCUT2D eigenvalue weighted by Gasteiger charge is 2.54. The molecule has 0 unspecified atom stereocenters. The molecule has 0 radical (unpaired) electrons. The van der Waals surface area contributed by atoms with Gasteiger partial charge in [-0.2, -0.15) is 0 Å². The molecule has 3 atom stereocenters. The van der Waals surface area contributed by atoms with Gasteiger partial charge >= 0.3 is 5.97 Å². The minimum atomic E-state index is -1.36. The molecule has 0 saturated carbocycles. The van der Waals surface area contributed by atoms with E-state index in [-0.39, 0.29) is 5.70 Å². The van der Waals surface area contributed by atoms with Gasteiger partial charge in [-0.3, -0.25) is 14.5 Å². The third-order valence-electron chi connectivity index (χ3n) is 4.49. The number of carboxylic acid groups (broad SMARTS) is 1. The van der Waals surface area contributed by atoms with Gasteiger partial charge in [0.05, 0.1) is 0 Å². The average Bonchev–Trinajstić information content (AvgIpc) is 3.40. The molecule has 3 N–H and O–H groups in total. The monoisotopic (exact) mass is 484 g/mol. The molecule has 1 saturated heterocycles. The van der Waals surface area contributed by atoms with Crippen molar-refractivity contribution in [3.05, 3.63) is 38.7 Å². The molecule has 9 nitrogen and oxygen atoms in total. The highest BCUT2D eigenvalue weighted by atomic mass is 32.2. The SMILES string of the molecule is Cc1nnc(SCC2=C(C(=O)O)N3C(=O)[C@@H](NC(=O)[C@H](O)c4cccs4)[C@H]3SC2)s1. The fraction of sp³-hybridized carbons (Fsp3) is 0.353. The van der Waals surface area contributed by atoms with Crippen molar-refractivity contribution in [1.29, 1.82) is 0 Å². The topological polar surface area (TPSA) is 133 Å². The van der Waals surface area contributed by atoms with Crippen molar-refractivity contribution in [3.8, 4) is 0 Å². The Hall–Kier alpha value is -1.93. The summed E-state index contributed by atoms with van der Waals surface area (Å²) < 4.78 is 0.736. The van der Waals surface area contributed by atoms with Gasteiger partial charge in [0.1, 0.15) is 22.1 Å². The van der Waals surface area contributed by atoms with E-state index in [2.05, 4.69) is 15.5 Å². The summed E-state index contributed by atoms with van der Waals surface area (Å²) in [5.41, 5.74) is 0.583. The number of β-lactam (4-membered cyclic amide) rings is 1. The van der Waals surface area contributed by atoms with E-state index in [0.717, 1.165) is 9.35 Å². The van der Waals surface area contributed by atoms with Crippen molar-refractivity contribution in [2.45, 2.75) is 28.8 Å². The molecule has 158 valence electrons. The van der Waals surface area contributed by atoms with Crippen LogP contribution in [0, 0.1) is 6.92 Å². The van der Waals surface area contributed by atoms with Gasteiger partial charge in [-0.15, -0.1) is 33.3 Å². The van der Waals surface area contributed by atoms with E-state index in [9.17, 15) is 24.6 Å². The third-order valence-corrected chi connectivity index (χ3v) is 8.81. The summed E-state index contributed by atoms with van der Waals surface area (Å²) in [5, 5.41) is 32.4. The second-order valence-corrected chi connectivity index (χ2v) is 10.9. The van der Waals surface area contributed by atoms with Gasteiger partial charge in [0.15, 0.2) is 10.4 Å². The van der Waals surface area contributed by atoms with Crippen molar-refractivity contribution in [2.75, 3.05) is 11.5 Å². The molecule has 2 aliphatic rings. The van der Waals surface area contributed by atoms with E-state index in [1.54, 1.807) is 17.5 Å². The maximum atomic E-state index is 12.7. The van der Waals surface area contributed by atoms with Crippen LogP contribution in [0.3, 0.4) is 0 Å². The predicted octanol–water partition coefficient (Wildman–Crippen LogP) is 1.47. The fourth-order valence-corrected chi connectivity index (χ4v) is 7.10. The standard InChI is InChI=1S/C17H16N4O5S4/c1-7-19-20-17(30-7)29-6-8-5-28-15-10(14(24)21(15)11(8)16(25)26)18-13(23)12(22)9-3-2-4-27-9/h2-4,10,12,15,22H,5-6H2,1H3,(H,18,23)(H,25,26)/t10-,12-,15-/m1/s1. The van der Waals surface area contributed by atoms with Gasteiger partial charge in [0.2, 0.25) is 0 Å². The molecule has 2 aliphatic heterocycles. The van der Waals surface area contributed by atoms with Crippen molar-refractivity contribution in [2.24, 2.45) is 0 Å². The van der Waals surface area contributed by atoms with Crippen molar-refractivity contribution in [1.82, 2.24) is 20.4 Å². The Bertz CT molecular complexity index is 1020. The van der Waals surface area contributed by atoms with Crippen LogP contribution in [-0.4, -0.2) is 66.0 Å². The number of aliphatic hydroxyl groups is 1. The molecule has 4 heterocycles. The van der Waals surface area contributed by atoms with Crippen molar-refractivity contribution >= 4 is 64.0 Å². The van der Waals surface area contributed by atoms with Crippen LogP contribution >= 0.6 is 46.2 Å². The Balaban J connectivity index is 1.46. The smallest absolute Gasteiger partial charge is 0.352 e. The molecule has 13 heteroatoms. The van der Waals surface area contributed by atoms with Gasteiger partial charge in [-0.25, -0.2) is 4.79 Å². The summed E-state index contributed by atoms with van der Waals surface area (Å²) in [6, 6.07) is 2.48. The molecule has 0 aliphatic carbocycles. The number of thiophene rings is 1. The summed E-state index contributed by atoms with van der Waals surface area (Å²) in [5.74, 6) is -1.55. The molecule has 30 heavy (non-hydrogen) atoms. The lowest BCUT2D eigenvalue weighted by Crippen LogP contribution is -2.70. The average molecular weight is 485 g/mol. The number of fused-ring (bicyclic) bond motifs is 1. The van der Waals surface area contributed by atoms with E-state index in [1.165, 1.54) is 51.1 Å². The van der Waals surface area contributed by atoms with Crippen LogP contribution in [0.25, 0.3) is 0 Å². The summed E-state index contributed by atoms with van der Waals surface area (Å²) in [6.07, 6.45) is -1.36. The molecule has 4 rings (SSSR count). The number of aliphatic carboxylic acids is 1. The number of aliphatic hydroxyl groups excluding tert-OH is 1. The molecule has 2 amide bonds. The summed E-state index contributed by atoms with van der Waals surface area (Å²) >= 11 is 5.43. The summed E-state index contributed by atoms with van der Waals surface area (Å²) in [4.78, 5) is 38.6. The largest absolute Gasteiger partial charge is 0.477 e. The number of carbonyl (C=O) groups is 3. The number of nitrogens with one attached hydrogen (secondary N) is 1. The summed E-state index contributed by atoms with van der Waals surface area (Å²) in [6.45, 7) is 1.84. The van der Waals surface area contributed by atoms with E-state index in [1.807, 2.05) is 6.92 Å². The van der Waals surface area contributed by atoms with Crippen LogP contribution < -0.4 is 5.32 Å². The van der Waals surface area contributed by atoms with Gasteiger partial charge < -0.3 is 15.5 Å². The molecular formula is C17H16N4O5S4. The molecule has 2 aromatic heterocycles. The normalized spacial score (nSPS) is 21.8. The minimum Gasteiger partial charge on any atom is -0.477 e. The van der Waals surface area contributed by atoms with Crippen LogP contribution in [0.5, 0.6) is 0 Å². The molecule has 2 aromatic rings. The molecule has 0 spiro atoms. The Morgan fingerprint density at radius 2 is 2.23 bits per heavy atom. The number of hydrogen-bond acceptors (Lipinski definition) is 10. The van der Waals surface area contributed by atoms with E-state index in [4.69, 9.17) is 0 Å². The molecule has 1 fully saturated rings. The number of nitrogens with zero attached hydrogens (tertiary/aromatic N) is 3. The lowest BCUT2D eigenvalue weighted by molar-refractivity contribution is -0.151. The first-order valence-electron chi connectivity index (χ1n) is 8.71. The van der Waals surface area contributed by atoms with Gasteiger partial charge in [-0.05, 0) is 23.9 Å². The first kappa shape index (κ1) is 21.3. The van der Waals surface area contributed by atoms with Crippen LogP contribution in [0.1, 0.15) is 16.0 Å². The number of aromatic nitrogens is 2. The highest BCUT2D eigenvalue weighted by molar-refractivity contribution is 8.01. The van der Waals surface area contributed by atoms with Crippen molar-refractivity contribution in [3.63, 3.8) is 0 Å². The summed E-state index contributed by atoms with van der Waals surface area (Å²) in [7, 11) is 0. The Morgan fingerprint density at radius 3 is 2.87 bits per heavy atom. The second-order valence-electron chi connectivity index (χ2n) is 6.45. The lowest BCUT2D eigenvalue weighted by Gasteiger charge is -2.49. The predicted molar refractivity (Wildman–Crippen MR) is 114 cm³/mol. The number of hydrogen-bond donors (Lipinski definition) is 3. The molecule has 0 bridgehead atoms. The zero-order valence-corrected chi connectivity index (χ0v) is 18.7. The number of aryl methyl sites for hydroxylation is 1. The fourth-order valence-electron chi connectivity index (χ4n) is 3.09. The van der Waals surface area contributed by atoms with Gasteiger partial charge in [0.25, 0.3) is 11.8 Å². The van der Waals surface area contributed by atoms with Crippen LogP contribution in [0.4, 0.5) is 0 Å². The number of amides is 2. The first-order chi connectivity index (χ1) is 14.4. The maximum absolute atomic E-state index is 12.7.